The molecule has 1 aliphatic heterocycles. The minimum atomic E-state index is 0.345. The fourth-order valence-corrected chi connectivity index (χ4v) is 2.28. The summed E-state index contributed by atoms with van der Waals surface area (Å²) < 4.78 is 5.73. The molecule has 1 heterocycles. The van der Waals surface area contributed by atoms with Crippen molar-refractivity contribution in [3.8, 4) is 0 Å². The molecular formula is C9H16O. The van der Waals surface area contributed by atoms with Crippen molar-refractivity contribution in [1.82, 2.24) is 0 Å². The number of fused-ring (bicyclic) bond motifs is 1. The molecule has 1 heteroatoms. The van der Waals surface area contributed by atoms with Crippen LogP contribution in [-0.2, 0) is 4.74 Å². The van der Waals surface area contributed by atoms with E-state index >= 15 is 0 Å². The van der Waals surface area contributed by atoms with Gasteiger partial charge in [-0.2, -0.15) is 0 Å². The second-order valence-electron chi connectivity index (χ2n) is 3.96. The lowest BCUT2D eigenvalue weighted by Crippen LogP contribution is -2.25. The van der Waals surface area contributed by atoms with Gasteiger partial charge in [-0.1, -0.05) is 26.7 Å². The maximum absolute atomic E-state index is 5.73. The highest BCUT2D eigenvalue weighted by Crippen LogP contribution is 2.52. The first-order valence-electron chi connectivity index (χ1n) is 4.43. The molecule has 0 radical (unpaired) electrons. The van der Waals surface area contributed by atoms with Crippen LogP contribution in [0.25, 0.3) is 0 Å². The Hall–Kier alpha value is -0.0400. The molecule has 2 fully saturated rings. The predicted octanol–water partition coefficient (Wildman–Crippen LogP) is 2.35. The van der Waals surface area contributed by atoms with Crippen molar-refractivity contribution >= 4 is 0 Å². The summed E-state index contributed by atoms with van der Waals surface area (Å²) in [7, 11) is 0. The highest BCUT2D eigenvalue weighted by atomic mass is 16.6. The van der Waals surface area contributed by atoms with Gasteiger partial charge in [0.1, 0.15) is 0 Å². The summed E-state index contributed by atoms with van der Waals surface area (Å²) in [5, 5.41) is 0. The van der Waals surface area contributed by atoms with Crippen molar-refractivity contribution in [1.29, 1.82) is 0 Å². The highest BCUT2D eigenvalue weighted by molar-refractivity contribution is 5.06. The summed E-state index contributed by atoms with van der Waals surface area (Å²) in [5.41, 5.74) is 0.345. The van der Waals surface area contributed by atoms with Gasteiger partial charge in [-0.25, -0.2) is 0 Å². The van der Waals surface area contributed by atoms with Crippen molar-refractivity contribution < 1.29 is 4.74 Å². The van der Waals surface area contributed by atoms with Crippen LogP contribution in [0, 0.1) is 5.92 Å². The van der Waals surface area contributed by atoms with E-state index in [0.717, 1.165) is 5.92 Å². The van der Waals surface area contributed by atoms with Gasteiger partial charge in [-0.3, -0.25) is 0 Å². The van der Waals surface area contributed by atoms with Gasteiger partial charge in [-0.15, -0.1) is 0 Å². The average molecular weight is 140 g/mol. The van der Waals surface area contributed by atoms with Crippen LogP contribution < -0.4 is 0 Å². The van der Waals surface area contributed by atoms with Crippen molar-refractivity contribution in [3.63, 3.8) is 0 Å². The van der Waals surface area contributed by atoms with Gasteiger partial charge in [0.05, 0.1) is 11.7 Å². The smallest absolute Gasteiger partial charge is 0.0971 e. The number of rotatable bonds is 1. The molecule has 10 heavy (non-hydrogen) atoms. The highest BCUT2D eigenvalue weighted by Gasteiger charge is 2.58. The Morgan fingerprint density at radius 1 is 1.40 bits per heavy atom. The zero-order valence-corrected chi connectivity index (χ0v) is 6.89. The maximum atomic E-state index is 5.73. The van der Waals surface area contributed by atoms with Crippen molar-refractivity contribution in [2.24, 2.45) is 5.92 Å². The molecule has 1 saturated carbocycles. The summed E-state index contributed by atoms with van der Waals surface area (Å²) >= 11 is 0. The number of hydrogen-bond acceptors (Lipinski definition) is 1. The van der Waals surface area contributed by atoms with Gasteiger partial charge < -0.3 is 4.74 Å². The van der Waals surface area contributed by atoms with Gasteiger partial charge in [0.2, 0.25) is 0 Å². The molecule has 0 aromatic heterocycles. The van der Waals surface area contributed by atoms with E-state index in [-0.39, 0.29) is 0 Å². The first-order chi connectivity index (χ1) is 4.76. The SMILES string of the molecule is CC(C)[C@]12CCCC[C@H]1O2. The summed E-state index contributed by atoms with van der Waals surface area (Å²) in [4.78, 5) is 0. The molecule has 0 bridgehead atoms. The standard InChI is InChI=1S/C9H16O/c1-7(2)9-6-4-3-5-8(9)10-9/h7-8H,3-6H2,1-2H3/t8-,9-/m1/s1. The molecule has 1 nitrogen and oxygen atoms in total. The molecule has 0 aromatic rings. The lowest BCUT2D eigenvalue weighted by molar-refractivity contribution is 0.224. The Morgan fingerprint density at radius 3 is 2.70 bits per heavy atom. The van der Waals surface area contributed by atoms with E-state index in [1.54, 1.807) is 0 Å². The molecule has 0 unspecified atom stereocenters. The number of ether oxygens (including phenoxy) is 1. The monoisotopic (exact) mass is 140 g/mol. The van der Waals surface area contributed by atoms with Gasteiger partial charge >= 0.3 is 0 Å². The third-order valence-electron chi connectivity index (χ3n) is 3.11. The van der Waals surface area contributed by atoms with Crippen LogP contribution in [-0.4, -0.2) is 11.7 Å². The van der Waals surface area contributed by atoms with Crippen molar-refractivity contribution in [2.45, 2.75) is 51.2 Å². The maximum Gasteiger partial charge on any atom is 0.0971 e. The zero-order valence-electron chi connectivity index (χ0n) is 6.89. The predicted molar refractivity (Wildman–Crippen MR) is 40.9 cm³/mol. The summed E-state index contributed by atoms with van der Waals surface area (Å²) in [5.74, 6) is 0.734. The van der Waals surface area contributed by atoms with Crippen LogP contribution in [0.1, 0.15) is 39.5 Å². The zero-order chi connectivity index (χ0) is 7.19. The molecule has 0 aromatic carbocycles. The van der Waals surface area contributed by atoms with E-state index in [4.69, 9.17) is 4.74 Å². The normalized spacial score (nSPS) is 45.3. The quantitative estimate of drug-likeness (QED) is 0.509. The molecule has 0 N–H and O–H groups in total. The summed E-state index contributed by atoms with van der Waals surface area (Å²) in [6, 6.07) is 0. The van der Waals surface area contributed by atoms with Gasteiger partial charge in [0.15, 0.2) is 0 Å². The van der Waals surface area contributed by atoms with E-state index in [1.165, 1.54) is 25.7 Å². The fraction of sp³-hybridized carbons (Fsp3) is 1.00. The second-order valence-corrected chi connectivity index (χ2v) is 3.96. The Kier molecular flexibility index (Phi) is 1.31. The Labute approximate surface area is 62.8 Å². The minimum Gasteiger partial charge on any atom is -0.366 e. The van der Waals surface area contributed by atoms with Gasteiger partial charge in [0, 0.05) is 0 Å². The van der Waals surface area contributed by atoms with Crippen LogP contribution >= 0.6 is 0 Å². The summed E-state index contributed by atoms with van der Waals surface area (Å²) in [6.45, 7) is 4.57. The molecule has 2 atom stereocenters. The number of epoxide rings is 1. The molecule has 2 rings (SSSR count). The van der Waals surface area contributed by atoms with Gasteiger partial charge in [-0.05, 0) is 18.8 Å². The first-order valence-corrected chi connectivity index (χ1v) is 4.43. The molecule has 2 aliphatic rings. The third kappa shape index (κ3) is 0.731. The van der Waals surface area contributed by atoms with Crippen LogP contribution in [0.4, 0.5) is 0 Å². The minimum absolute atomic E-state index is 0.345. The van der Waals surface area contributed by atoms with E-state index in [1.807, 2.05) is 0 Å². The largest absolute Gasteiger partial charge is 0.366 e. The second kappa shape index (κ2) is 1.97. The Balaban J connectivity index is 2.05. The van der Waals surface area contributed by atoms with Crippen LogP contribution in [0.3, 0.4) is 0 Å². The number of hydrogen-bond donors (Lipinski definition) is 0. The van der Waals surface area contributed by atoms with Crippen LogP contribution in [0.2, 0.25) is 0 Å². The third-order valence-corrected chi connectivity index (χ3v) is 3.11. The van der Waals surface area contributed by atoms with E-state index in [2.05, 4.69) is 13.8 Å². The van der Waals surface area contributed by atoms with Crippen molar-refractivity contribution in [2.75, 3.05) is 0 Å². The Morgan fingerprint density at radius 2 is 2.20 bits per heavy atom. The fourth-order valence-electron chi connectivity index (χ4n) is 2.28. The average Bonchev–Trinajstić information content (AvgIpc) is 2.61. The molecule has 1 aliphatic carbocycles. The molecule has 0 spiro atoms. The van der Waals surface area contributed by atoms with Gasteiger partial charge in [0.25, 0.3) is 0 Å². The molecule has 1 saturated heterocycles. The van der Waals surface area contributed by atoms with Crippen LogP contribution in [0.5, 0.6) is 0 Å². The molecule has 0 amide bonds. The summed E-state index contributed by atoms with van der Waals surface area (Å²) in [6.07, 6.45) is 6.04. The van der Waals surface area contributed by atoms with Crippen LogP contribution in [0.15, 0.2) is 0 Å². The first kappa shape index (κ1) is 6.66. The van der Waals surface area contributed by atoms with E-state index in [9.17, 15) is 0 Å². The van der Waals surface area contributed by atoms with E-state index in [0.29, 0.717) is 11.7 Å². The lowest BCUT2D eigenvalue weighted by atomic mass is 9.81. The topological polar surface area (TPSA) is 12.5 Å². The molecular weight excluding hydrogens is 124 g/mol. The lowest BCUT2D eigenvalue weighted by Gasteiger charge is -2.20. The van der Waals surface area contributed by atoms with Crippen molar-refractivity contribution in [3.05, 3.63) is 0 Å². The Bertz CT molecular complexity index is 142. The van der Waals surface area contributed by atoms with E-state index < -0.39 is 0 Å². The molecule has 58 valence electrons.